The topological polar surface area (TPSA) is 76.5 Å². The Hall–Kier alpha value is -3.23. The second-order valence-electron chi connectivity index (χ2n) is 6.56. The molecule has 0 unspecified atom stereocenters. The van der Waals surface area contributed by atoms with Crippen LogP contribution < -0.4 is 16.0 Å². The van der Waals surface area contributed by atoms with Crippen molar-refractivity contribution in [2.24, 2.45) is 5.10 Å². The van der Waals surface area contributed by atoms with Crippen molar-refractivity contribution in [1.29, 1.82) is 0 Å². The van der Waals surface area contributed by atoms with Crippen molar-refractivity contribution in [1.82, 2.24) is 9.66 Å². The Balaban J connectivity index is 1.71. The quantitative estimate of drug-likeness (QED) is 0.402. The van der Waals surface area contributed by atoms with E-state index in [-0.39, 0.29) is 12.4 Å². The van der Waals surface area contributed by atoms with Crippen LogP contribution in [0.15, 0.2) is 79.8 Å². The molecule has 0 aliphatic heterocycles. The Morgan fingerprint density at radius 1 is 1.13 bits per heavy atom. The molecule has 1 N–H and O–H groups in total. The van der Waals surface area contributed by atoms with Gasteiger partial charge in [0.05, 0.1) is 21.6 Å². The van der Waals surface area contributed by atoms with Crippen LogP contribution in [0.2, 0.25) is 5.02 Å². The highest BCUT2D eigenvalue weighted by molar-refractivity contribution is 9.10. The van der Waals surface area contributed by atoms with Crippen molar-refractivity contribution >= 4 is 44.6 Å². The fraction of sp³-hybridized carbons (Fsp3) is 0.0455. The summed E-state index contributed by atoms with van der Waals surface area (Å²) in [4.78, 5) is 27.6. The largest absolute Gasteiger partial charge is 0.487 e. The van der Waals surface area contributed by atoms with Crippen LogP contribution in [0.25, 0.3) is 10.9 Å². The van der Waals surface area contributed by atoms with Crippen LogP contribution in [0, 0.1) is 5.82 Å². The average molecular weight is 503 g/mol. The highest BCUT2D eigenvalue weighted by atomic mass is 79.9. The van der Waals surface area contributed by atoms with E-state index in [0.29, 0.717) is 31.7 Å². The van der Waals surface area contributed by atoms with Gasteiger partial charge in [0.1, 0.15) is 18.2 Å². The van der Waals surface area contributed by atoms with E-state index < -0.39 is 11.2 Å². The van der Waals surface area contributed by atoms with E-state index in [1.165, 1.54) is 18.3 Å². The lowest BCUT2D eigenvalue weighted by Gasteiger charge is -2.12. The molecule has 3 aromatic carbocycles. The molecule has 4 aromatic rings. The first-order valence-corrected chi connectivity index (χ1v) is 10.2. The van der Waals surface area contributed by atoms with Crippen LogP contribution in [0.3, 0.4) is 0 Å². The molecule has 9 heteroatoms. The van der Waals surface area contributed by atoms with Crippen LogP contribution >= 0.6 is 27.5 Å². The Labute approximate surface area is 188 Å². The molecule has 0 amide bonds. The predicted octanol–water partition coefficient (Wildman–Crippen LogP) is 4.71. The molecule has 0 radical (unpaired) electrons. The van der Waals surface area contributed by atoms with Gasteiger partial charge in [-0.25, -0.2) is 9.18 Å². The number of benzene rings is 3. The first-order valence-electron chi connectivity index (χ1n) is 9.07. The Morgan fingerprint density at radius 2 is 1.87 bits per heavy atom. The average Bonchev–Trinajstić information content (AvgIpc) is 2.74. The molecule has 1 heterocycles. The Bertz CT molecular complexity index is 1410. The van der Waals surface area contributed by atoms with Crippen molar-refractivity contribution in [2.45, 2.75) is 6.61 Å². The van der Waals surface area contributed by atoms with Crippen molar-refractivity contribution in [3.05, 3.63) is 108 Å². The summed E-state index contributed by atoms with van der Waals surface area (Å²) in [6, 6.07) is 15.8. The van der Waals surface area contributed by atoms with Gasteiger partial charge in [-0.2, -0.15) is 5.10 Å². The maximum Gasteiger partial charge on any atom is 0.349 e. The molecule has 6 nitrogen and oxygen atoms in total. The number of ether oxygens (including phenoxy) is 1. The lowest BCUT2D eigenvalue weighted by atomic mass is 10.2. The van der Waals surface area contributed by atoms with Gasteiger partial charge < -0.3 is 9.72 Å². The normalized spacial score (nSPS) is 11.3. The van der Waals surface area contributed by atoms with Crippen LogP contribution in [0.5, 0.6) is 5.75 Å². The molecule has 156 valence electrons. The monoisotopic (exact) mass is 501 g/mol. The van der Waals surface area contributed by atoms with E-state index in [0.717, 1.165) is 10.2 Å². The molecule has 0 aliphatic carbocycles. The van der Waals surface area contributed by atoms with Gasteiger partial charge in [0, 0.05) is 10.6 Å². The molecule has 4 rings (SSSR count). The maximum atomic E-state index is 13.1. The maximum absolute atomic E-state index is 13.1. The molecule has 0 atom stereocenters. The summed E-state index contributed by atoms with van der Waals surface area (Å²) in [7, 11) is 0. The smallest absolute Gasteiger partial charge is 0.349 e. The van der Waals surface area contributed by atoms with E-state index in [1.54, 1.807) is 48.5 Å². The minimum Gasteiger partial charge on any atom is -0.487 e. The third kappa shape index (κ3) is 4.60. The van der Waals surface area contributed by atoms with Crippen molar-refractivity contribution in [2.75, 3.05) is 0 Å². The van der Waals surface area contributed by atoms with Gasteiger partial charge in [0.15, 0.2) is 0 Å². The molecule has 0 saturated carbocycles. The number of rotatable bonds is 5. The third-order valence-corrected chi connectivity index (χ3v) is 5.24. The number of para-hydroxylation sites is 1. The van der Waals surface area contributed by atoms with Gasteiger partial charge in [0.2, 0.25) is 0 Å². The van der Waals surface area contributed by atoms with Gasteiger partial charge in [-0.1, -0.05) is 35.9 Å². The second-order valence-corrected chi connectivity index (χ2v) is 7.85. The van der Waals surface area contributed by atoms with Crippen LogP contribution in [0.4, 0.5) is 4.39 Å². The zero-order chi connectivity index (χ0) is 22.0. The molecule has 0 spiro atoms. The first-order chi connectivity index (χ1) is 14.9. The summed E-state index contributed by atoms with van der Waals surface area (Å²) in [5.74, 6) is 0.0676. The van der Waals surface area contributed by atoms with Gasteiger partial charge in [-0.15, -0.1) is 4.68 Å². The van der Waals surface area contributed by atoms with E-state index in [1.807, 2.05) is 0 Å². The molecule has 0 saturated heterocycles. The molecule has 1 aromatic heterocycles. The van der Waals surface area contributed by atoms with E-state index in [2.05, 4.69) is 26.0 Å². The van der Waals surface area contributed by atoms with Crippen molar-refractivity contribution in [3.8, 4) is 5.75 Å². The standard InChI is InChI=1S/C22H14BrClFN3O3/c23-18-10-15(24)9-14(20(18)31-12-13-5-7-16(25)8-6-13)11-26-28-21(29)17-3-1-2-4-19(17)27-22(28)30/h1-11H,12H2,(H,27,30). The number of nitrogens with zero attached hydrogens (tertiary/aromatic N) is 2. The summed E-state index contributed by atoms with van der Waals surface area (Å²) in [5.41, 5.74) is 0.410. The zero-order valence-corrected chi connectivity index (χ0v) is 18.2. The number of H-pyrrole nitrogens is 1. The van der Waals surface area contributed by atoms with Crippen LogP contribution in [0.1, 0.15) is 11.1 Å². The van der Waals surface area contributed by atoms with Gasteiger partial charge in [0.25, 0.3) is 5.56 Å². The third-order valence-electron chi connectivity index (χ3n) is 4.43. The highest BCUT2D eigenvalue weighted by Gasteiger charge is 2.11. The van der Waals surface area contributed by atoms with Crippen molar-refractivity contribution in [3.63, 3.8) is 0 Å². The fourth-order valence-electron chi connectivity index (χ4n) is 2.94. The van der Waals surface area contributed by atoms with Crippen LogP contribution in [-0.4, -0.2) is 15.9 Å². The number of hydrogen-bond acceptors (Lipinski definition) is 4. The number of aromatic amines is 1. The number of fused-ring (bicyclic) bond motifs is 1. The number of hydrogen-bond donors (Lipinski definition) is 1. The Kier molecular flexibility index (Phi) is 6.01. The van der Waals surface area contributed by atoms with Gasteiger partial charge in [-0.3, -0.25) is 4.79 Å². The number of aromatic nitrogens is 2. The summed E-state index contributed by atoms with van der Waals surface area (Å²) in [5, 5.41) is 4.80. The fourth-order valence-corrected chi connectivity index (χ4v) is 3.89. The SMILES string of the molecule is O=c1[nH]c2ccccc2c(=O)n1N=Cc1cc(Cl)cc(Br)c1OCc1ccc(F)cc1. The molecule has 31 heavy (non-hydrogen) atoms. The molecular formula is C22H14BrClFN3O3. The van der Waals surface area contributed by atoms with E-state index >= 15 is 0 Å². The summed E-state index contributed by atoms with van der Waals surface area (Å²) in [6.45, 7) is 0.165. The Morgan fingerprint density at radius 3 is 2.65 bits per heavy atom. The second kappa shape index (κ2) is 8.87. The van der Waals surface area contributed by atoms with E-state index in [9.17, 15) is 14.0 Å². The minimum absolute atomic E-state index is 0.165. The molecule has 0 bridgehead atoms. The lowest BCUT2D eigenvalue weighted by Crippen LogP contribution is -2.32. The lowest BCUT2D eigenvalue weighted by molar-refractivity contribution is 0.303. The summed E-state index contributed by atoms with van der Waals surface area (Å²) in [6.07, 6.45) is 1.32. The van der Waals surface area contributed by atoms with Gasteiger partial charge >= 0.3 is 5.69 Å². The summed E-state index contributed by atoms with van der Waals surface area (Å²) < 4.78 is 20.3. The summed E-state index contributed by atoms with van der Waals surface area (Å²) >= 11 is 9.56. The van der Waals surface area contributed by atoms with Crippen LogP contribution in [-0.2, 0) is 6.61 Å². The molecular weight excluding hydrogens is 489 g/mol. The predicted molar refractivity (Wildman–Crippen MR) is 122 cm³/mol. The first kappa shape index (κ1) is 21.0. The van der Waals surface area contributed by atoms with Gasteiger partial charge in [-0.05, 0) is 57.9 Å². The minimum atomic E-state index is -0.671. The van der Waals surface area contributed by atoms with Crippen molar-refractivity contribution < 1.29 is 9.13 Å². The molecule has 0 aliphatic rings. The number of nitrogens with one attached hydrogen (secondary N) is 1. The number of halogens is 3. The molecule has 0 fully saturated rings. The van der Waals surface area contributed by atoms with E-state index in [4.69, 9.17) is 16.3 Å². The zero-order valence-electron chi connectivity index (χ0n) is 15.8. The highest BCUT2D eigenvalue weighted by Crippen LogP contribution is 2.32.